The molecule has 0 aliphatic heterocycles. The van der Waals surface area contributed by atoms with Gasteiger partial charge >= 0.3 is 18.2 Å². The predicted molar refractivity (Wildman–Crippen MR) is 62.7 cm³/mol. The number of rotatable bonds is 7. The van der Waals surface area contributed by atoms with Gasteiger partial charge in [-0.15, -0.1) is 0 Å². The van der Waals surface area contributed by atoms with E-state index in [1.807, 2.05) is 0 Å². The summed E-state index contributed by atoms with van der Waals surface area (Å²) in [6.45, 7) is 3.30. The Morgan fingerprint density at radius 1 is 1.32 bits per heavy atom. The molecule has 0 aliphatic rings. The first-order chi connectivity index (χ1) is 8.67. The molecule has 112 valence electrons. The number of urea groups is 1. The van der Waals surface area contributed by atoms with Crippen LogP contribution in [0.5, 0.6) is 0 Å². The van der Waals surface area contributed by atoms with E-state index in [-0.39, 0.29) is 18.9 Å². The van der Waals surface area contributed by atoms with Gasteiger partial charge in [-0.2, -0.15) is 13.2 Å². The van der Waals surface area contributed by atoms with Gasteiger partial charge in [0.05, 0.1) is 0 Å². The Morgan fingerprint density at radius 2 is 1.89 bits per heavy atom. The average Bonchev–Trinajstić information content (AvgIpc) is 2.29. The Labute approximate surface area is 109 Å². The van der Waals surface area contributed by atoms with Crippen LogP contribution in [0.1, 0.15) is 33.1 Å². The van der Waals surface area contributed by atoms with Crippen LogP contribution < -0.4 is 10.6 Å². The molecule has 0 spiro atoms. The third-order valence-electron chi connectivity index (χ3n) is 2.69. The summed E-state index contributed by atoms with van der Waals surface area (Å²) < 4.78 is 35.5. The normalized spacial score (nSPS) is 14.6. The van der Waals surface area contributed by atoms with Gasteiger partial charge in [-0.1, -0.05) is 20.3 Å². The Kier molecular flexibility index (Phi) is 7.25. The first kappa shape index (κ1) is 17.5. The maximum atomic E-state index is 11.8. The topological polar surface area (TPSA) is 78.4 Å². The molecule has 0 rings (SSSR count). The molecule has 5 nitrogen and oxygen atoms in total. The number of amides is 2. The molecule has 0 aromatic rings. The van der Waals surface area contributed by atoms with Crippen molar-refractivity contribution in [3.63, 3.8) is 0 Å². The molecule has 0 aromatic carbocycles. The van der Waals surface area contributed by atoms with Crippen LogP contribution >= 0.6 is 0 Å². The first-order valence-corrected chi connectivity index (χ1v) is 6.01. The monoisotopic (exact) mass is 284 g/mol. The third kappa shape index (κ3) is 8.28. The van der Waals surface area contributed by atoms with Crippen LogP contribution in [0, 0.1) is 5.92 Å². The number of nitrogens with one attached hydrogen (secondary N) is 2. The predicted octanol–water partition coefficient (Wildman–Crippen LogP) is 2.13. The van der Waals surface area contributed by atoms with Gasteiger partial charge in [0.25, 0.3) is 0 Å². The molecule has 0 fully saturated rings. The second-order valence-corrected chi connectivity index (χ2v) is 4.32. The molecule has 0 saturated heterocycles. The van der Waals surface area contributed by atoms with E-state index in [1.165, 1.54) is 0 Å². The molecule has 0 aliphatic carbocycles. The van der Waals surface area contributed by atoms with Gasteiger partial charge in [0.2, 0.25) is 0 Å². The Balaban J connectivity index is 4.04. The van der Waals surface area contributed by atoms with Crippen LogP contribution in [-0.4, -0.2) is 35.9 Å². The second-order valence-electron chi connectivity index (χ2n) is 4.32. The zero-order valence-electron chi connectivity index (χ0n) is 10.9. The van der Waals surface area contributed by atoms with Crippen molar-refractivity contribution in [1.29, 1.82) is 0 Å². The molecule has 1 unspecified atom stereocenters. The third-order valence-corrected chi connectivity index (χ3v) is 2.69. The summed E-state index contributed by atoms with van der Waals surface area (Å²) in [6, 6.07) is -1.82. The fourth-order valence-electron chi connectivity index (χ4n) is 1.37. The van der Waals surface area contributed by atoms with Gasteiger partial charge in [0, 0.05) is 13.0 Å². The Morgan fingerprint density at radius 3 is 2.32 bits per heavy atom. The van der Waals surface area contributed by atoms with Crippen LogP contribution in [0.2, 0.25) is 0 Å². The van der Waals surface area contributed by atoms with Crippen LogP contribution in [0.15, 0.2) is 0 Å². The van der Waals surface area contributed by atoms with Gasteiger partial charge in [-0.25, -0.2) is 9.59 Å². The standard InChI is InChI=1S/C11H19F3N2O3/c1-3-7(2)8(9(17)18)16-10(19)15-6-4-5-11(12,13)14/h7-8H,3-6H2,1-2H3,(H,17,18)(H2,15,16,19)/t7?,8-/m0/s1. The smallest absolute Gasteiger partial charge is 0.389 e. The summed E-state index contributed by atoms with van der Waals surface area (Å²) in [5.74, 6) is -1.43. The second kappa shape index (κ2) is 7.85. The number of carbonyl (C=O) groups is 2. The molecular formula is C11H19F3N2O3. The van der Waals surface area contributed by atoms with Crippen molar-refractivity contribution >= 4 is 12.0 Å². The van der Waals surface area contributed by atoms with Crippen LogP contribution in [0.4, 0.5) is 18.0 Å². The molecule has 0 radical (unpaired) electrons. The number of aliphatic carboxylic acids is 1. The van der Waals surface area contributed by atoms with Crippen molar-refractivity contribution in [2.45, 2.75) is 45.3 Å². The number of alkyl halides is 3. The number of carboxylic acid groups (broad SMARTS) is 1. The largest absolute Gasteiger partial charge is 0.480 e. The van der Waals surface area contributed by atoms with Crippen LogP contribution in [-0.2, 0) is 4.79 Å². The fraction of sp³-hybridized carbons (Fsp3) is 0.818. The van der Waals surface area contributed by atoms with Gasteiger partial charge in [0.1, 0.15) is 6.04 Å². The number of carbonyl (C=O) groups excluding carboxylic acids is 1. The summed E-state index contributed by atoms with van der Waals surface area (Å²) in [5, 5.41) is 13.4. The van der Waals surface area contributed by atoms with Crippen LogP contribution in [0.3, 0.4) is 0 Å². The van der Waals surface area contributed by atoms with E-state index in [1.54, 1.807) is 13.8 Å². The minimum Gasteiger partial charge on any atom is -0.480 e. The molecule has 2 atom stereocenters. The zero-order chi connectivity index (χ0) is 15.1. The lowest BCUT2D eigenvalue weighted by atomic mass is 9.99. The molecule has 0 saturated carbocycles. The van der Waals surface area contributed by atoms with E-state index in [0.717, 1.165) is 0 Å². The molecule has 3 N–H and O–H groups in total. The van der Waals surface area contributed by atoms with Crippen molar-refractivity contribution in [1.82, 2.24) is 10.6 Å². The Bertz CT molecular complexity index is 308. The summed E-state index contributed by atoms with van der Waals surface area (Å²) in [7, 11) is 0. The summed E-state index contributed by atoms with van der Waals surface area (Å²) in [6.07, 6.45) is -4.91. The molecule has 0 bridgehead atoms. The van der Waals surface area contributed by atoms with Gasteiger partial charge in [-0.05, 0) is 12.3 Å². The molecule has 0 heterocycles. The van der Waals surface area contributed by atoms with E-state index in [2.05, 4.69) is 10.6 Å². The maximum Gasteiger partial charge on any atom is 0.389 e. The minimum atomic E-state index is -4.25. The summed E-state index contributed by atoms with van der Waals surface area (Å²) in [4.78, 5) is 22.2. The highest BCUT2D eigenvalue weighted by Gasteiger charge is 2.27. The molecule has 0 aromatic heterocycles. The summed E-state index contributed by atoms with van der Waals surface area (Å²) in [5.41, 5.74) is 0. The number of hydrogen-bond acceptors (Lipinski definition) is 2. The fourth-order valence-corrected chi connectivity index (χ4v) is 1.37. The molecule has 19 heavy (non-hydrogen) atoms. The van der Waals surface area contributed by atoms with Gasteiger partial charge in [0.15, 0.2) is 0 Å². The van der Waals surface area contributed by atoms with Gasteiger partial charge in [-0.3, -0.25) is 0 Å². The van der Waals surface area contributed by atoms with Crippen molar-refractivity contribution in [2.24, 2.45) is 5.92 Å². The maximum absolute atomic E-state index is 11.8. The molecular weight excluding hydrogens is 265 g/mol. The SMILES string of the molecule is CCC(C)[C@H](NC(=O)NCCCC(F)(F)F)C(=O)O. The van der Waals surface area contributed by atoms with Crippen molar-refractivity contribution in [3.05, 3.63) is 0 Å². The minimum absolute atomic E-state index is 0.155. The number of hydrogen-bond donors (Lipinski definition) is 3. The van der Waals surface area contributed by atoms with Crippen molar-refractivity contribution in [2.75, 3.05) is 6.54 Å². The van der Waals surface area contributed by atoms with Crippen LogP contribution in [0.25, 0.3) is 0 Å². The lowest BCUT2D eigenvalue weighted by Crippen LogP contribution is -2.49. The highest BCUT2D eigenvalue weighted by molar-refractivity contribution is 5.82. The molecule has 8 heteroatoms. The number of halogens is 3. The first-order valence-electron chi connectivity index (χ1n) is 6.01. The highest BCUT2D eigenvalue weighted by atomic mass is 19.4. The van der Waals surface area contributed by atoms with E-state index >= 15 is 0 Å². The molecule has 2 amide bonds. The summed E-state index contributed by atoms with van der Waals surface area (Å²) >= 11 is 0. The quantitative estimate of drug-likeness (QED) is 0.627. The van der Waals surface area contributed by atoms with E-state index in [9.17, 15) is 22.8 Å². The lowest BCUT2D eigenvalue weighted by molar-refractivity contribution is -0.140. The number of carboxylic acids is 1. The van der Waals surface area contributed by atoms with E-state index in [4.69, 9.17) is 5.11 Å². The average molecular weight is 284 g/mol. The highest BCUT2D eigenvalue weighted by Crippen LogP contribution is 2.20. The van der Waals surface area contributed by atoms with E-state index in [0.29, 0.717) is 6.42 Å². The van der Waals surface area contributed by atoms with E-state index < -0.39 is 30.6 Å². The van der Waals surface area contributed by atoms with Crippen molar-refractivity contribution in [3.8, 4) is 0 Å². The Hall–Kier alpha value is -1.47. The lowest BCUT2D eigenvalue weighted by Gasteiger charge is -2.20. The zero-order valence-corrected chi connectivity index (χ0v) is 10.9. The van der Waals surface area contributed by atoms with Gasteiger partial charge < -0.3 is 15.7 Å². The van der Waals surface area contributed by atoms with Crippen molar-refractivity contribution < 1.29 is 27.9 Å².